The van der Waals surface area contributed by atoms with Crippen LogP contribution in [0.3, 0.4) is 0 Å². The number of carbonyl (C=O) groups excluding carboxylic acids is 3. The second kappa shape index (κ2) is 14.8. The average molecular weight is 530 g/mol. The number of carbonyl (C=O) groups is 3. The molecule has 1 heterocycles. The predicted molar refractivity (Wildman–Crippen MR) is 140 cm³/mol. The second-order valence-electron chi connectivity index (χ2n) is 7.92. The molecule has 1 unspecified atom stereocenters. The molecule has 1 fully saturated rings. The summed E-state index contributed by atoms with van der Waals surface area (Å²) in [5.74, 6) is -0.129. The molecule has 1 aliphatic rings. The summed E-state index contributed by atoms with van der Waals surface area (Å²) in [6, 6.07) is 15.2. The highest BCUT2D eigenvalue weighted by Gasteiger charge is 2.34. The first-order valence-corrected chi connectivity index (χ1v) is 12.4. The van der Waals surface area contributed by atoms with Gasteiger partial charge in [-0.15, -0.1) is 0 Å². The third kappa shape index (κ3) is 9.03. The molecule has 2 amide bonds. The van der Waals surface area contributed by atoms with E-state index in [1.54, 1.807) is 24.3 Å². The summed E-state index contributed by atoms with van der Waals surface area (Å²) >= 11 is 5.41. The third-order valence-corrected chi connectivity index (χ3v) is 5.66. The van der Waals surface area contributed by atoms with Gasteiger partial charge in [-0.05, 0) is 49.5 Å². The molecule has 198 valence electrons. The van der Waals surface area contributed by atoms with E-state index in [0.29, 0.717) is 44.2 Å². The molecule has 0 aliphatic carbocycles. The van der Waals surface area contributed by atoms with Gasteiger partial charge in [0.1, 0.15) is 37.4 Å². The molecule has 0 aromatic heterocycles. The SMILES string of the molecule is CCOCCOC(=O)CC1C(=O)NCCN1C(=S)NC(=O)c1cccc(OCCOc2ccccc2)c1. The van der Waals surface area contributed by atoms with Gasteiger partial charge >= 0.3 is 5.97 Å². The summed E-state index contributed by atoms with van der Waals surface area (Å²) in [5.41, 5.74) is 0.331. The highest BCUT2D eigenvalue weighted by molar-refractivity contribution is 7.80. The number of amides is 2. The van der Waals surface area contributed by atoms with E-state index in [1.165, 1.54) is 4.90 Å². The Morgan fingerprint density at radius 2 is 1.76 bits per heavy atom. The number of thiocarbonyl (C=S) groups is 1. The molecule has 10 nitrogen and oxygen atoms in total. The number of nitrogens with zero attached hydrogens (tertiary/aromatic N) is 1. The van der Waals surface area contributed by atoms with E-state index in [0.717, 1.165) is 5.75 Å². The van der Waals surface area contributed by atoms with Crippen LogP contribution < -0.4 is 20.1 Å². The van der Waals surface area contributed by atoms with Crippen LogP contribution in [0.5, 0.6) is 11.5 Å². The van der Waals surface area contributed by atoms with Gasteiger partial charge in [-0.25, -0.2) is 0 Å². The van der Waals surface area contributed by atoms with Crippen LogP contribution in [0.25, 0.3) is 0 Å². The van der Waals surface area contributed by atoms with Gasteiger partial charge in [-0.1, -0.05) is 24.3 Å². The van der Waals surface area contributed by atoms with Crippen molar-refractivity contribution in [3.05, 3.63) is 60.2 Å². The topological polar surface area (TPSA) is 115 Å². The van der Waals surface area contributed by atoms with Crippen molar-refractivity contribution >= 4 is 35.1 Å². The molecular weight excluding hydrogens is 498 g/mol. The van der Waals surface area contributed by atoms with Gasteiger partial charge in [0, 0.05) is 25.3 Å². The Hall–Kier alpha value is -3.70. The summed E-state index contributed by atoms with van der Waals surface area (Å²) < 4.78 is 21.6. The number of benzene rings is 2. The van der Waals surface area contributed by atoms with Crippen LogP contribution in [-0.2, 0) is 19.1 Å². The van der Waals surface area contributed by atoms with E-state index < -0.39 is 17.9 Å². The van der Waals surface area contributed by atoms with Crippen LogP contribution in [0.1, 0.15) is 23.7 Å². The third-order valence-electron chi connectivity index (χ3n) is 5.33. The van der Waals surface area contributed by atoms with Gasteiger partial charge in [0.2, 0.25) is 5.91 Å². The van der Waals surface area contributed by atoms with Gasteiger partial charge in [-0.2, -0.15) is 0 Å². The Morgan fingerprint density at radius 1 is 1.03 bits per heavy atom. The number of para-hydroxylation sites is 1. The maximum absolute atomic E-state index is 12.9. The van der Waals surface area contributed by atoms with Crippen LogP contribution in [0, 0.1) is 0 Å². The first-order valence-electron chi connectivity index (χ1n) is 12.0. The summed E-state index contributed by atoms with van der Waals surface area (Å²) in [6.07, 6.45) is -0.206. The molecule has 37 heavy (non-hydrogen) atoms. The molecule has 2 aromatic rings. The second-order valence-corrected chi connectivity index (χ2v) is 8.31. The van der Waals surface area contributed by atoms with Crippen LogP contribution in [0.15, 0.2) is 54.6 Å². The van der Waals surface area contributed by atoms with Crippen molar-refractivity contribution in [2.24, 2.45) is 0 Å². The zero-order chi connectivity index (χ0) is 26.5. The van der Waals surface area contributed by atoms with Crippen LogP contribution in [-0.4, -0.2) is 80.0 Å². The van der Waals surface area contributed by atoms with Gasteiger partial charge < -0.3 is 29.2 Å². The quantitative estimate of drug-likeness (QED) is 0.242. The fraction of sp³-hybridized carbons (Fsp3) is 0.385. The Kier molecular flexibility index (Phi) is 11.1. The zero-order valence-electron chi connectivity index (χ0n) is 20.6. The van der Waals surface area contributed by atoms with Crippen molar-refractivity contribution in [2.75, 3.05) is 46.1 Å². The van der Waals surface area contributed by atoms with E-state index >= 15 is 0 Å². The molecule has 0 bridgehead atoms. The van der Waals surface area contributed by atoms with E-state index in [-0.39, 0.29) is 30.7 Å². The predicted octanol–water partition coefficient (Wildman–Crippen LogP) is 1.93. The number of ether oxygens (including phenoxy) is 4. The summed E-state index contributed by atoms with van der Waals surface area (Å²) in [7, 11) is 0. The molecule has 1 aliphatic heterocycles. The van der Waals surface area contributed by atoms with E-state index in [4.69, 9.17) is 31.2 Å². The minimum absolute atomic E-state index is 0.0505. The monoisotopic (exact) mass is 529 g/mol. The summed E-state index contributed by atoms with van der Waals surface area (Å²) in [6.45, 7) is 4.04. The van der Waals surface area contributed by atoms with E-state index in [2.05, 4.69) is 10.6 Å². The molecule has 0 spiro atoms. The Labute approximate surface area is 221 Å². The first-order chi connectivity index (χ1) is 18.0. The molecule has 3 rings (SSSR count). The molecule has 0 saturated carbocycles. The fourth-order valence-electron chi connectivity index (χ4n) is 3.54. The minimum atomic E-state index is -0.888. The largest absolute Gasteiger partial charge is 0.490 e. The van der Waals surface area contributed by atoms with Crippen molar-refractivity contribution in [3.63, 3.8) is 0 Å². The number of rotatable bonds is 12. The lowest BCUT2D eigenvalue weighted by Gasteiger charge is -2.36. The molecule has 0 radical (unpaired) electrons. The van der Waals surface area contributed by atoms with Crippen molar-refractivity contribution in [2.45, 2.75) is 19.4 Å². The Bertz CT molecular complexity index is 1070. The molecule has 2 N–H and O–H groups in total. The smallest absolute Gasteiger partial charge is 0.308 e. The lowest BCUT2D eigenvalue weighted by atomic mass is 10.1. The van der Waals surface area contributed by atoms with E-state index in [9.17, 15) is 14.4 Å². The van der Waals surface area contributed by atoms with Crippen LogP contribution in [0.4, 0.5) is 0 Å². The van der Waals surface area contributed by atoms with E-state index in [1.807, 2.05) is 37.3 Å². The van der Waals surface area contributed by atoms with Crippen molar-refractivity contribution in [1.29, 1.82) is 0 Å². The van der Waals surface area contributed by atoms with Crippen molar-refractivity contribution in [3.8, 4) is 11.5 Å². The number of piperazine rings is 1. The standard InChI is InChI=1S/C26H31N3O7S/c1-2-33-13-14-36-23(30)18-22-25(32)27-11-12-29(22)26(37)28-24(31)19-7-6-10-21(17-19)35-16-15-34-20-8-4-3-5-9-20/h3-10,17,22H,2,11-16,18H2,1H3,(H,27,32)(H,28,31,37). The Balaban J connectivity index is 1.51. The number of nitrogens with one attached hydrogen (secondary N) is 2. The highest BCUT2D eigenvalue weighted by atomic mass is 32.1. The van der Waals surface area contributed by atoms with Crippen LogP contribution in [0.2, 0.25) is 0 Å². The molecule has 1 atom stereocenters. The normalized spacial score (nSPS) is 14.9. The molecule has 2 aromatic carbocycles. The maximum atomic E-state index is 12.9. The molecular formula is C26H31N3O7S. The average Bonchev–Trinajstić information content (AvgIpc) is 2.91. The number of esters is 1. The molecule has 1 saturated heterocycles. The van der Waals surface area contributed by atoms with Crippen molar-refractivity contribution < 1.29 is 33.3 Å². The summed E-state index contributed by atoms with van der Waals surface area (Å²) in [5, 5.41) is 5.42. The number of hydrogen-bond donors (Lipinski definition) is 2. The minimum Gasteiger partial charge on any atom is -0.490 e. The number of hydrogen-bond acceptors (Lipinski definition) is 8. The molecule has 11 heteroatoms. The lowest BCUT2D eigenvalue weighted by molar-refractivity contribution is -0.148. The lowest BCUT2D eigenvalue weighted by Crippen LogP contribution is -2.60. The van der Waals surface area contributed by atoms with Gasteiger partial charge in [0.05, 0.1) is 13.0 Å². The highest BCUT2D eigenvalue weighted by Crippen LogP contribution is 2.15. The van der Waals surface area contributed by atoms with Crippen LogP contribution >= 0.6 is 12.2 Å². The first kappa shape index (κ1) is 27.9. The maximum Gasteiger partial charge on any atom is 0.308 e. The summed E-state index contributed by atoms with van der Waals surface area (Å²) in [4.78, 5) is 39.1. The fourth-order valence-corrected chi connectivity index (χ4v) is 3.85. The van der Waals surface area contributed by atoms with Gasteiger partial charge in [0.15, 0.2) is 5.11 Å². The van der Waals surface area contributed by atoms with Gasteiger partial charge in [-0.3, -0.25) is 19.7 Å². The Morgan fingerprint density at radius 3 is 2.51 bits per heavy atom. The zero-order valence-corrected chi connectivity index (χ0v) is 21.5. The van der Waals surface area contributed by atoms with Crippen molar-refractivity contribution in [1.82, 2.24) is 15.5 Å². The van der Waals surface area contributed by atoms with Gasteiger partial charge in [0.25, 0.3) is 5.91 Å².